The Kier molecular flexibility index (Phi) is 5.69. The topological polar surface area (TPSA) is 48.0 Å². The van der Waals surface area contributed by atoms with Crippen LogP contribution in [0.1, 0.15) is 37.3 Å². The second-order valence-electron chi connectivity index (χ2n) is 8.99. The summed E-state index contributed by atoms with van der Waals surface area (Å²) in [5, 5.41) is 0. The van der Waals surface area contributed by atoms with Crippen molar-refractivity contribution in [1.82, 2.24) is 4.90 Å². The molecule has 0 amide bonds. The summed E-state index contributed by atoms with van der Waals surface area (Å²) in [6.07, 6.45) is 1.60. The molecule has 164 valence electrons. The van der Waals surface area contributed by atoms with Crippen LogP contribution in [0.15, 0.2) is 60.7 Å². The Hall–Kier alpha value is -2.05. The van der Waals surface area contributed by atoms with Crippen LogP contribution in [-0.2, 0) is 32.1 Å². The molecule has 0 bridgehead atoms. The molecule has 0 aromatic heterocycles. The molecule has 0 saturated carbocycles. The lowest BCUT2D eigenvalue weighted by Crippen LogP contribution is -2.63. The average molecular weight is 422 g/mol. The summed E-state index contributed by atoms with van der Waals surface area (Å²) >= 11 is 0. The van der Waals surface area contributed by atoms with E-state index in [0.717, 1.165) is 13.1 Å². The number of rotatable bonds is 6. The van der Waals surface area contributed by atoms with Gasteiger partial charge in [0.1, 0.15) is 11.7 Å². The largest absolute Gasteiger partial charge is 0.373 e. The van der Waals surface area contributed by atoms with Crippen LogP contribution >= 0.6 is 0 Å². The van der Waals surface area contributed by atoms with Crippen LogP contribution in [0.3, 0.4) is 0 Å². The normalized spacial score (nSPS) is 31.3. The minimum atomic E-state index is -0.840. The highest BCUT2D eigenvalue weighted by atomic mass is 16.6. The van der Waals surface area contributed by atoms with Crippen molar-refractivity contribution in [3.05, 3.63) is 71.8 Å². The molecule has 0 N–H and O–H groups in total. The van der Waals surface area contributed by atoms with Crippen molar-refractivity contribution in [3.8, 4) is 0 Å². The average Bonchev–Trinajstić information content (AvgIpc) is 3.50. The van der Waals surface area contributed by atoms with Gasteiger partial charge in [-0.1, -0.05) is 60.7 Å². The first kappa shape index (κ1) is 20.8. The van der Waals surface area contributed by atoms with Crippen LogP contribution in [0.2, 0.25) is 0 Å². The molecular weight excluding hydrogens is 390 g/mol. The van der Waals surface area contributed by atoms with Gasteiger partial charge in [0.25, 0.3) is 0 Å². The predicted molar refractivity (Wildman–Crippen MR) is 118 cm³/mol. The van der Waals surface area contributed by atoms with Crippen LogP contribution in [0.25, 0.3) is 0 Å². The van der Waals surface area contributed by atoms with E-state index in [1.165, 1.54) is 11.1 Å². The Labute approximate surface area is 184 Å². The maximum Gasteiger partial charge on any atom is 0.170 e. The number of Topliss-reactive ketones (excluding diaryl/α,β-unsaturated/α-hetero) is 1. The summed E-state index contributed by atoms with van der Waals surface area (Å²) in [5.74, 6) is 0.186. The first-order valence-electron chi connectivity index (χ1n) is 11.4. The molecule has 5 heteroatoms. The van der Waals surface area contributed by atoms with E-state index in [1.807, 2.05) is 12.1 Å². The van der Waals surface area contributed by atoms with Crippen molar-refractivity contribution in [2.45, 2.75) is 62.6 Å². The van der Waals surface area contributed by atoms with Gasteiger partial charge in [-0.3, -0.25) is 9.69 Å². The Bertz CT molecular complexity index is 855. The first-order valence-corrected chi connectivity index (χ1v) is 11.4. The number of ether oxygens (including phenoxy) is 3. The third kappa shape index (κ3) is 3.54. The van der Waals surface area contributed by atoms with Gasteiger partial charge < -0.3 is 14.2 Å². The summed E-state index contributed by atoms with van der Waals surface area (Å²) in [6.45, 7) is 5.44. The molecular formula is C26H31NO4. The van der Waals surface area contributed by atoms with Crippen molar-refractivity contribution in [3.63, 3.8) is 0 Å². The van der Waals surface area contributed by atoms with Gasteiger partial charge >= 0.3 is 0 Å². The fourth-order valence-corrected chi connectivity index (χ4v) is 5.78. The maximum atomic E-state index is 13.0. The van der Waals surface area contributed by atoms with E-state index in [1.54, 1.807) is 0 Å². The molecule has 2 aromatic carbocycles. The summed E-state index contributed by atoms with van der Waals surface area (Å²) in [4.78, 5) is 15.4. The van der Waals surface area contributed by atoms with Gasteiger partial charge in [-0.25, -0.2) is 0 Å². The van der Waals surface area contributed by atoms with E-state index < -0.39 is 11.2 Å². The van der Waals surface area contributed by atoms with Gasteiger partial charge in [-0.15, -0.1) is 0 Å². The van der Waals surface area contributed by atoms with Crippen molar-refractivity contribution in [2.75, 3.05) is 19.8 Å². The molecule has 3 heterocycles. The van der Waals surface area contributed by atoms with Crippen molar-refractivity contribution >= 4 is 5.78 Å². The number of benzene rings is 2. The van der Waals surface area contributed by atoms with E-state index in [0.29, 0.717) is 39.1 Å². The summed E-state index contributed by atoms with van der Waals surface area (Å²) in [7, 11) is 0. The van der Waals surface area contributed by atoms with Crippen LogP contribution in [0.4, 0.5) is 0 Å². The molecule has 2 spiro atoms. The van der Waals surface area contributed by atoms with Crippen LogP contribution in [0.5, 0.6) is 0 Å². The van der Waals surface area contributed by atoms with E-state index in [2.05, 4.69) is 60.4 Å². The van der Waals surface area contributed by atoms with Gasteiger partial charge in [0, 0.05) is 38.4 Å². The predicted octanol–water partition coefficient (Wildman–Crippen LogP) is 3.75. The van der Waals surface area contributed by atoms with Gasteiger partial charge in [0.2, 0.25) is 0 Å². The third-order valence-electron chi connectivity index (χ3n) is 7.33. The third-order valence-corrected chi connectivity index (χ3v) is 7.33. The Morgan fingerprint density at radius 3 is 2.13 bits per heavy atom. The van der Waals surface area contributed by atoms with Gasteiger partial charge in [0.15, 0.2) is 11.4 Å². The molecule has 5 nitrogen and oxygen atoms in total. The molecule has 3 aliphatic heterocycles. The second-order valence-corrected chi connectivity index (χ2v) is 8.99. The molecule has 31 heavy (non-hydrogen) atoms. The Morgan fingerprint density at radius 1 is 0.903 bits per heavy atom. The number of nitrogens with zero attached hydrogens (tertiary/aromatic N) is 1. The molecule has 4 atom stereocenters. The SMILES string of the molecule is C[C@@H]([C@@H]1OCC[C@]12OCC[C@]21OCCC1=O)N(Cc1ccccc1)Cc1ccccc1. The molecule has 3 fully saturated rings. The zero-order chi connectivity index (χ0) is 21.3. The van der Waals surface area contributed by atoms with Crippen LogP contribution < -0.4 is 0 Å². The van der Waals surface area contributed by atoms with E-state index in [-0.39, 0.29) is 17.9 Å². The highest BCUT2D eigenvalue weighted by molar-refractivity contribution is 5.91. The van der Waals surface area contributed by atoms with Crippen LogP contribution in [-0.4, -0.2) is 53.9 Å². The molecule has 3 aliphatic rings. The lowest BCUT2D eigenvalue weighted by atomic mass is 9.73. The quantitative estimate of drug-likeness (QED) is 0.711. The van der Waals surface area contributed by atoms with Gasteiger partial charge in [-0.2, -0.15) is 0 Å². The van der Waals surface area contributed by atoms with E-state index in [9.17, 15) is 4.79 Å². The fourth-order valence-electron chi connectivity index (χ4n) is 5.78. The van der Waals surface area contributed by atoms with E-state index >= 15 is 0 Å². The number of fused-ring (bicyclic) bond motifs is 1. The second kappa shape index (κ2) is 8.47. The fraction of sp³-hybridized carbons (Fsp3) is 0.500. The lowest BCUT2D eigenvalue weighted by molar-refractivity contribution is -0.179. The highest BCUT2D eigenvalue weighted by Gasteiger charge is 2.69. The minimum Gasteiger partial charge on any atom is -0.373 e. The number of ketones is 1. The summed E-state index contributed by atoms with van der Waals surface area (Å²) < 4.78 is 18.9. The van der Waals surface area contributed by atoms with Crippen molar-refractivity contribution in [1.29, 1.82) is 0 Å². The number of hydrogen-bond donors (Lipinski definition) is 0. The summed E-state index contributed by atoms with van der Waals surface area (Å²) in [5.41, 5.74) is 0.985. The van der Waals surface area contributed by atoms with Crippen molar-refractivity contribution < 1.29 is 19.0 Å². The highest BCUT2D eigenvalue weighted by Crippen LogP contribution is 2.52. The van der Waals surface area contributed by atoms with E-state index in [4.69, 9.17) is 14.2 Å². The van der Waals surface area contributed by atoms with Crippen molar-refractivity contribution in [2.24, 2.45) is 0 Å². The number of carbonyl (C=O) groups is 1. The minimum absolute atomic E-state index is 0.0508. The Balaban J connectivity index is 1.46. The number of carbonyl (C=O) groups excluding carboxylic acids is 1. The molecule has 2 aromatic rings. The van der Waals surface area contributed by atoms with Gasteiger partial charge in [0.05, 0.1) is 19.8 Å². The zero-order valence-corrected chi connectivity index (χ0v) is 18.2. The molecule has 0 radical (unpaired) electrons. The number of hydrogen-bond acceptors (Lipinski definition) is 5. The monoisotopic (exact) mass is 421 g/mol. The molecule has 5 rings (SSSR count). The maximum absolute atomic E-state index is 13.0. The molecule has 3 saturated heterocycles. The van der Waals surface area contributed by atoms with Crippen LogP contribution in [0, 0.1) is 0 Å². The Morgan fingerprint density at radius 2 is 1.55 bits per heavy atom. The van der Waals surface area contributed by atoms with Gasteiger partial charge in [-0.05, 0) is 18.1 Å². The summed E-state index contributed by atoms with van der Waals surface area (Å²) in [6, 6.07) is 21.1. The lowest BCUT2D eigenvalue weighted by Gasteiger charge is -2.45. The standard InChI is InChI=1S/C26H31NO4/c1-20(24-26(13-16-29-24)25(14-17-31-26)23(28)12-15-30-25)27(18-21-8-4-2-5-9-21)19-22-10-6-3-7-11-22/h2-11,20,24H,12-19H2,1H3/t20-,24-,25+,26-/m0/s1. The first-order chi connectivity index (χ1) is 15.1. The smallest absolute Gasteiger partial charge is 0.170 e. The molecule has 0 unspecified atom stereocenters. The zero-order valence-electron chi connectivity index (χ0n) is 18.2. The molecule has 0 aliphatic carbocycles.